The molecule has 0 unspecified atom stereocenters. The Bertz CT molecular complexity index is 590. The summed E-state index contributed by atoms with van der Waals surface area (Å²) in [5, 5.41) is 13.9. The molecule has 2 aromatic rings. The lowest BCUT2D eigenvalue weighted by Crippen LogP contribution is -1.93. The summed E-state index contributed by atoms with van der Waals surface area (Å²) in [5.74, 6) is 0.598. The molecule has 1 N–H and O–H groups in total. The first-order valence-electron chi connectivity index (χ1n) is 5.69. The van der Waals surface area contributed by atoms with Gasteiger partial charge in [-0.2, -0.15) is 0 Å². The molecule has 0 atom stereocenters. The van der Waals surface area contributed by atoms with E-state index in [1.807, 2.05) is 19.2 Å². The van der Waals surface area contributed by atoms with Gasteiger partial charge < -0.3 is 5.32 Å². The lowest BCUT2D eigenvalue weighted by molar-refractivity contribution is -0.387. The van der Waals surface area contributed by atoms with Crippen molar-refractivity contribution in [3.8, 4) is 0 Å². The molecule has 0 saturated heterocycles. The molecule has 98 valence electrons. The van der Waals surface area contributed by atoms with Crippen LogP contribution in [-0.2, 0) is 5.75 Å². The van der Waals surface area contributed by atoms with E-state index in [1.54, 1.807) is 24.4 Å². The van der Waals surface area contributed by atoms with Crippen LogP contribution < -0.4 is 5.32 Å². The van der Waals surface area contributed by atoms with Crippen LogP contribution in [0.15, 0.2) is 47.5 Å². The highest BCUT2D eigenvalue weighted by molar-refractivity contribution is 7.98. The lowest BCUT2D eigenvalue weighted by Gasteiger charge is -2.04. The molecular formula is C13H13N3O2S. The van der Waals surface area contributed by atoms with Crippen molar-refractivity contribution < 1.29 is 4.92 Å². The van der Waals surface area contributed by atoms with Crippen molar-refractivity contribution in [2.45, 2.75) is 10.6 Å². The number of anilines is 1. The SMILES string of the molecule is CNc1ccnc(CSc2ccccc2[N+](=O)[O-])c1. The summed E-state index contributed by atoms with van der Waals surface area (Å²) in [6.45, 7) is 0. The Hall–Kier alpha value is -2.08. The maximum atomic E-state index is 10.9. The van der Waals surface area contributed by atoms with Gasteiger partial charge in [0.1, 0.15) is 0 Å². The molecule has 0 amide bonds. The van der Waals surface area contributed by atoms with Gasteiger partial charge in [-0.05, 0) is 18.2 Å². The number of thioether (sulfide) groups is 1. The van der Waals surface area contributed by atoms with Gasteiger partial charge in [0.15, 0.2) is 0 Å². The fourth-order valence-electron chi connectivity index (χ4n) is 1.59. The Labute approximate surface area is 115 Å². The van der Waals surface area contributed by atoms with Crippen molar-refractivity contribution in [3.63, 3.8) is 0 Å². The fourth-order valence-corrected chi connectivity index (χ4v) is 2.52. The first-order valence-corrected chi connectivity index (χ1v) is 6.68. The van der Waals surface area contributed by atoms with Crippen molar-refractivity contribution in [1.82, 2.24) is 4.98 Å². The van der Waals surface area contributed by atoms with Gasteiger partial charge >= 0.3 is 0 Å². The molecule has 0 aliphatic rings. The topological polar surface area (TPSA) is 68.1 Å². The molecule has 5 nitrogen and oxygen atoms in total. The fraction of sp³-hybridized carbons (Fsp3) is 0.154. The maximum Gasteiger partial charge on any atom is 0.282 e. The van der Waals surface area contributed by atoms with Crippen LogP contribution in [0.5, 0.6) is 0 Å². The molecule has 2 rings (SSSR count). The van der Waals surface area contributed by atoms with Gasteiger partial charge in [-0.1, -0.05) is 12.1 Å². The molecule has 0 spiro atoms. The number of para-hydroxylation sites is 1. The molecular weight excluding hydrogens is 262 g/mol. The largest absolute Gasteiger partial charge is 0.388 e. The monoisotopic (exact) mass is 275 g/mol. The van der Waals surface area contributed by atoms with Crippen LogP contribution in [0.25, 0.3) is 0 Å². The molecule has 0 bridgehead atoms. The summed E-state index contributed by atoms with van der Waals surface area (Å²) in [4.78, 5) is 15.4. The van der Waals surface area contributed by atoms with Gasteiger partial charge in [0, 0.05) is 30.8 Å². The van der Waals surface area contributed by atoms with Crippen LogP contribution in [0.4, 0.5) is 11.4 Å². The number of hydrogen-bond donors (Lipinski definition) is 1. The molecule has 0 aliphatic carbocycles. The molecule has 1 aromatic heterocycles. The van der Waals surface area contributed by atoms with Crippen molar-refractivity contribution in [3.05, 3.63) is 58.4 Å². The minimum atomic E-state index is -0.361. The van der Waals surface area contributed by atoms with E-state index in [2.05, 4.69) is 10.3 Å². The van der Waals surface area contributed by atoms with E-state index >= 15 is 0 Å². The number of nitro groups is 1. The predicted molar refractivity (Wildman–Crippen MR) is 76.4 cm³/mol. The van der Waals surface area contributed by atoms with Crippen molar-refractivity contribution in [2.75, 3.05) is 12.4 Å². The van der Waals surface area contributed by atoms with E-state index in [-0.39, 0.29) is 10.6 Å². The number of nitro benzene ring substituents is 1. The summed E-state index contributed by atoms with van der Waals surface area (Å²) < 4.78 is 0. The highest BCUT2D eigenvalue weighted by Gasteiger charge is 2.12. The highest BCUT2D eigenvalue weighted by atomic mass is 32.2. The number of aromatic nitrogens is 1. The Morgan fingerprint density at radius 1 is 1.37 bits per heavy atom. The van der Waals surface area contributed by atoms with E-state index in [1.165, 1.54) is 17.8 Å². The Morgan fingerprint density at radius 3 is 2.89 bits per heavy atom. The van der Waals surface area contributed by atoms with Gasteiger partial charge in [0.25, 0.3) is 5.69 Å². The zero-order valence-electron chi connectivity index (χ0n) is 10.4. The number of rotatable bonds is 5. The Morgan fingerprint density at radius 2 is 2.16 bits per heavy atom. The van der Waals surface area contributed by atoms with Crippen LogP contribution in [-0.4, -0.2) is 17.0 Å². The summed E-state index contributed by atoms with van der Waals surface area (Å²) in [6, 6.07) is 10.5. The number of benzene rings is 1. The number of nitrogens with one attached hydrogen (secondary N) is 1. The summed E-state index contributed by atoms with van der Waals surface area (Å²) in [7, 11) is 1.84. The van der Waals surface area contributed by atoms with Crippen LogP contribution in [0, 0.1) is 10.1 Å². The minimum absolute atomic E-state index is 0.136. The predicted octanol–water partition coefficient (Wildman–Crippen LogP) is 3.32. The molecule has 0 aliphatic heterocycles. The number of pyridine rings is 1. The van der Waals surface area contributed by atoms with Gasteiger partial charge in [-0.15, -0.1) is 11.8 Å². The van der Waals surface area contributed by atoms with Crippen LogP contribution in [0.1, 0.15) is 5.69 Å². The van der Waals surface area contributed by atoms with Crippen molar-refractivity contribution in [1.29, 1.82) is 0 Å². The number of nitrogens with zero attached hydrogens (tertiary/aromatic N) is 2. The Balaban J connectivity index is 2.12. The first-order chi connectivity index (χ1) is 9.20. The van der Waals surface area contributed by atoms with Crippen LogP contribution in [0.3, 0.4) is 0 Å². The van der Waals surface area contributed by atoms with Gasteiger partial charge in [-0.25, -0.2) is 0 Å². The molecule has 19 heavy (non-hydrogen) atoms. The van der Waals surface area contributed by atoms with Gasteiger partial charge in [0.05, 0.1) is 15.5 Å². The summed E-state index contributed by atoms with van der Waals surface area (Å²) in [6.07, 6.45) is 1.72. The second kappa shape index (κ2) is 6.19. The second-order valence-electron chi connectivity index (χ2n) is 3.80. The molecule has 0 radical (unpaired) electrons. The van der Waals surface area contributed by atoms with Crippen LogP contribution >= 0.6 is 11.8 Å². The number of hydrogen-bond acceptors (Lipinski definition) is 5. The summed E-state index contributed by atoms with van der Waals surface area (Å²) >= 11 is 1.42. The van der Waals surface area contributed by atoms with Gasteiger partial charge in [-0.3, -0.25) is 15.1 Å². The molecule has 1 heterocycles. The second-order valence-corrected chi connectivity index (χ2v) is 4.82. The van der Waals surface area contributed by atoms with Crippen molar-refractivity contribution >= 4 is 23.1 Å². The average Bonchev–Trinajstić information content (AvgIpc) is 2.45. The van der Waals surface area contributed by atoms with E-state index in [4.69, 9.17) is 0 Å². The van der Waals surface area contributed by atoms with E-state index in [0.29, 0.717) is 10.6 Å². The third-order valence-corrected chi connectivity index (χ3v) is 3.64. The van der Waals surface area contributed by atoms with Crippen molar-refractivity contribution in [2.24, 2.45) is 0 Å². The van der Waals surface area contributed by atoms with Gasteiger partial charge in [0.2, 0.25) is 0 Å². The zero-order chi connectivity index (χ0) is 13.7. The third kappa shape index (κ3) is 3.45. The zero-order valence-corrected chi connectivity index (χ0v) is 11.2. The van der Waals surface area contributed by atoms with E-state index in [0.717, 1.165) is 11.4 Å². The van der Waals surface area contributed by atoms with E-state index in [9.17, 15) is 10.1 Å². The maximum absolute atomic E-state index is 10.9. The normalized spacial score (nSPS) is 10.2. The third-order valence-electron chi connectivity index (χ3n) is 2.54. The standard InChI is InChI=1S/C13H13N3O2S/c1-14-10-6-7-15-11(8-10)9-19-13-5-3-2-4-12(13)16(17)18/h2-8H,9H2,1H3,(H,14,15). The smallest absolute Gasteiger partial charge is 0.282 e. The molecule has 0 fully saturated rings. The highest BCUT2D eigenvalue weighted by Crippen LogP contribution is 2.30. The molecule has 0 saturated carbocycles. The Kier molecular flexibility index (Phi) is 4.35. The lowest BCUT2D eigenvalue weighted by atomic mass is 10.3. The van der Waals surface area contributed by atoms with E-state index < -0.39 is 0 Å². The quantitative estimate of drug-likeness (QED) is 0.515. The summed E-state index contributed by atoms with van der Waals surface area (Å²) in [5.41, 5.74) is 2.00. The molecule has 1 aromatic carbocycles. The average molecular weight is 275 g/mol. The van der Waals surface area contributed by atoms with Crippen LogP contribution in [0.2, 0.25) is 0 Å². The molecule has 6 heteroatoms. The minimum Gasteiger partial charge on any atom is -0.388 e. The first kappa shape index (κ1) is 13.4.